The molecule has 0 amide bonds. The number of ether oxygens (including phenoxy) is 1. The fourth-order valence-electron chi connectivity index (χ4n) is 2.54. The highest BCUT2D eigenvalue weighted by Crippen LogP contribution is 2.26. The largest absolute Gasteiger partial charge is 0.434 e. The van der Waals surface area contributed by atoms with Crippen LogP contribution in [0.2, 0.25) is 5.02 Å². The van der Waals surface area contributed by atoms with Gasteiger partial charge in [-0.1, -0.05) is 11.6 Å². The van der Waals surface area contributed by atoms with Gasteiger partial charge in [-0.15, -0.1) is 15.3 Å². The second kappa shape index (κ2) is 7.45. The van der Waals surface area contributed by atoms with Gasteiger partial charge in [0.15, 0.2) is 11.5 Å². The minimum Gasteiger partial charge on any atom is -0.434 e. The van der Waals surface area contributed by atoms with Crippen LogP contribution in [0.1, 0.15) is 5.56 Å². The van der Waals surface area contributed by atoms with E-state index in [-0.39, 0.29) is 12.3 Å². The molecule has 3 aromatic heterocycles. The number of nitrogens with zero attached hydrogens (tertiary/aromatic N) is 4. The van der Waals surface area contributed by atoms with E-state index in [2.05, 4.69) is 25.3 Å². The minimum atomic E-state index is -2.91. The van der Waals surface area contributed by atoms with Crippen molar-refractivity contribution >= 4 is 34.4 Å². The van der Waals surface area contributed by atoms with E-state index < -0.39 is 6.61 Å². The third kappa shape index (κ3) is 3.83. The Morgan fingerprint density at radius 2 is 2.07 bits per heavy atom. The van der Waals surface area contributed by atoms with Gasteiger partial charge in [0.25, 0.3) is 0 Å². The summed E-state index contributed by atoms with van der Waals surface area (Å²) < 4.78 is 31.3. The number of halogens is 3. The van der Waals surface area contributed by atoms with Gasteiger partial charge >= 0.3 is 6.61 Å². The molecule has 1 aromatic carbocycles. The summed E-state index contributed by atoms with van der Waals surface area (Å²) in [5.41, 5.74) is 2.01. The number of anilines is 1. The van der Waals surface area contributed by atoms with E-state index >= 15 is 0 Å². The molecule has 0 saturated carbocycles. The Hall–Kier alpha value is -2.78. The van der Waals surface area contributed by atoms with Gasteiger partial charge in [0.05, 0.1) is 0 Å². The molecule has 10 heteroatoms. The van der Waals surface area contributed by atoms with Crippen molar-refractivity contribution in [3.63, 3.8) is 0 Å². The van der Waals surface area contributed by atoms with Crippen LogP contribution in [0.25, 0.3) is 17.0 Å². The molecule has 3 heterocycles. The third-order valence-corrected chi connectivity index (χ3v) is 4.66. The molecule has 138 valence electrons. The zero-order chi connectivity index (χ0) is 18.8. The van der Waals surface area contributed by atoms with E-state index in [4.69, 9.17) is 11.6 Å². The van der Waals surface area contributed by atoms with E-state index in [1.54, 1.807) is 34.1 Å². The predicted octanol–water partition coefficient (Wildman–Crippen LogP) is 4.72. The summed E-state index contributed by atoms with van der Waals surface area (Å²) in [6.45, 7) is -2.71. The number of thiophene rings is 1. The molecule has 0 bridgehead atoms. The molecule has 0 unspecified atom stereocenters. The van der Waals surface area contributed by atoms with Crippen LogP contribution in [0.5, 0.6) is 5.75 Å². The highest BCUT2D eigenvalue weighted by Gasteiger charge is 2.12. The van der Waals surface area contributed by atoms with Gasteiger partial charge in [-0.05, 0) is 41.8 Å². The average molecular weight is 408 g/mol. The molecule has 27 heavy (non-hydrogen) atoms. The van der Waals surface area contributed by atoms with Gasteiger partial charge in [-0.2, -0.15) is 24.6 Å². The summed E-state index contributed by atoms with van der Waals surface area (Å²) in [6.07, 6.45) is 0. The maximum absolute atomic E-state index is 12.6. The van der Waals surface area contributed by atoms with Crippen LogP contribution in [0.3, 0.4) is 0 Å². The molecule has 6 nitrogen and oxygen atoms in total. The first-order valence-corrected chi connectivity index (χ1v) is 9.14. The van der Waals surface area contributed by atoms with Crippen molar-refractivity contribution in [1.29, 1.82) is 0 Å². The second-order valence-corrected chi connectivity index (χ2v) is 6.72. The normalized spacial score (nSPS) is 11.3. The van der Waals surface area contributed by atoms with Crippen LogP contribution in [0, 0.1) is 0 Å². The SMILES string of the molecule is FC(F)Oc1ccc(Cl)cc1CNc1ccc2nnc(-c3ccsc3)n2n1. The number of hydrogen-bond acceptors (Lipinski definition) is 6. The van der Waals surface area contributed by atoms with Crippen molar-refractivity contribution in [3.05, 3.63) is 57.7 Å². The Kier molecular flexibility index (Phi) is 4.87. The Morgan fingerprint density at radius 1 is 1.19 bits per heavy atom. The second-order valence-electron chi connectivity index (χ2n) is 5.51. The number of nitrogens with one attached hydrogen (secondary N) is 1. The van der Waals surface area contributed by atoms with Crippen LogP contribution >= 0.6 is 22.9 Å². The highest BCUT2D eigenvalue weighted by molar-refractivity contribution is 7.08. The van der Waals surface area contributed by atoms with Crippen LogP contribution in [-0.2, 0) is 6.54 Å². The Labute approximate surface area is 161 Å². The van der Waals surface area contributed by atoms with Gasteiger partial charge in [-0.25, -0.2) is 0 Å². The molecule has 0 aliphatic carbocycles. The Bertz CT molecular complexity index is 1070. The minimum absolute atomic E-state index is 0.0613. The first kappa shape index (κ1) is 17.6. The predicted molar refractivity (Wildman–Crippen MR) is 99.5 cm³/mol. The zero-order valence-corrected chi connectivity index (χ0v) is 15.2. The summed E-state index contributed by atoms with van der Waals surface area (Å²) in [4.78, 5) is 0. The van der Waals surface area contributed by atoms with Gasteiger partial charge < -0.3 is 10.1 Å². The standard InChI is InChI=1S/C17H12ClF2N5OS/c18-12-1-2-13(26-17(19)20)11(7-12)8-21-14-3-4-15-22-23-16(25(15)24-14)10-5-6-27-9-10/h1-7,9,17H,8H2,(H,21,24). The van der Waals surface area contributed by atoms with Crippen molar-refractivity contribution in [2.75, 3.05) is 5.32 Å². The molecule has 1 N–H and O–H groups in total. The fraction of sp³-hybridized carbons (Fsp3) is 0.118. The smallest absolute Gasteiger partial charge is 0.387 e. The molecule has 0 fully saturated rings. The maximum atomic E-state index is 12.6. The van der Waals surface area contributed by atoms with Gasteiger partial charge in [0, 0.05) is 28.1 Å². The lowest BCUT2D eigenvalue weighted by molar-refractivity contribution is -0.0504. The number of aromatic nitrogens is 4. The molecule has 0 atom stereocenters. The van der Waals surface area contributed by atoms with Gasteiger partial charge in [0.2, 0.25) is 0 Å². The van der Waals surface area contributed by atoms with Crippen molar-refractivity contribution < 1.29 is 13.5 Å². The molecule has 0 aliphatic rings. The Balaban J connectivity index is 1.59. The molecule has 0 spiro atoms. The molecule has 4 aromatic rings. The monoisotopic (exact) mass is 407 g/mol. The summed E-state index contributed by atoms with van der Waals surface area (Å²) >= 11 is 7.52. The van der Waals surface area contributed by atoms with Crippen LogP contribution < -0.4 is 10.1 Å². The number of hydrogen-bond donors (Lipinski definition) is 1. The molecule has 4 rings (SSSR count). The summed E-state index contributed by atoms with van der Waals surface area (Å²) in [5, 5.41) is 20.2. The molecular formula is C17H12ClF2N5OS. The number of alkyl halides is 2. The van der Waals surface area contributed by atoms with Crippen molar-refractivity contribution in [2.24, 2.45) is 0 Å². The van der Waals surface area contributed by atoms with E-state index in [1.807, 2.05) is 16.8 Å². The topological polar surface area (TPSA) is 64.3 Å². The quantitative estimate of drug-likeness (QED) is 0.501. The molecular weight excluding hydrogens is 396 g/mol. The summed E-state index contributed by atoms with van der Waals surface area (Å²) in [7, 11) is 0. The molecule has 0 radical (unpaired) electrons. The van der Waals surface area contributed by atoms with Crippen molar-refractivity contribution in [2.45, 2.75) is 13.2 Å². The van der Waals surface area contributed by atoms with Crippen molar-refractivity contribution in [1.82, 2.24) is 19.8 Å². The van der Waals surface area contributed by atoms with Crippen molar-refractivity contribution in [3.8, 4) is 17.1 Å². The first-order chi connectivity index (χ1) is 13.1. The van der Waals surface area contributed by atoms with E-state index in [0.29, 0.717) is 27.9 Å². The number of rotatable bonds is 6. The van der Waals surface area contributed by atoms with E-state index in [1.165, 1.54) is 12.1 Å². The lowest BCUT2D eigenvalue weighted by Gasteiger charge is -2.12. The number of benzene rings is 1. The van der Waals surface area contributed by atoms with Gasteiger partial charge in [0.1, 0.15) is 11.6 Å². The summed E-state index contributed by atoms with van der Waals surface area (Å²) in [5.74, 6) is 1.22. The Morgan fingerprint density at radius 3 is 2.85 bits per heavy atom. The summed E-state index contributed by atoms with van der Waals surface area (Å²) in [6, 6.07) is 9.92. The first-order valence-electron chi connectivity index (χ1n) is 7.82. The van der Waals surface area contributed by atoms with Crippen LogP contribution in [0.4, 0.5) is 14.6 Å². The van der Waals surface area contributed by atoms with Crippen LogP contribution in [0.15, 0.2) is 47.2 Å². The highest BCUT2D eigenvalue weighted by atomic mass is 35.5. The molecule has 0 saturated heterocycles. The number of fused-ring (bicyclic) bond motifs is 1. The lowest BCUT2D eigenvalue weighted by atomic mass is 10.2. The third-order valence-electron chi connectivity index (χ3n) is 3.74. The maximum Gasteiger partial charge on any atom is 0.387 e. The van der Waals surface area contributed by atoms with E-state index in [9.17, 15) is 8.78 Å². The van der Waals surface area contributed by atoms with Crippen LogP contribution in [-0.4, -0.2) is 26.4 Å². The fourth-order valence-corrected chi connectivity index (χ4v) is 3.37. The lowest BCUT2D eigenvalue weighted by Crippen LogP contribution is -2.08. The zero-order valence-electron chi connectivity index (χ0n) is 13.6. The average Bonchev–Trinajstić information content (AvgIpc) is 3.30. The van der Waals surface area contributed by atoms with E-state index in [0.717, 1.165) is 5.56 Å². The van der Waals surface area contributed by atoms with Gasteiger partial charge in [-0.3, -0.25) is 0 Å². The molecule has 0 aliphatic heterocycles.